The van der Waals surface area contributed by atoms with E-state index in [1.807, 2.05) is 0 Å². The van der Waals surface area contributed by atoms with Crippen LogP contribution in [0.3, 0.4) is 0 Å². The summed E-state index contributed by atoms with van der Waals surface area (Å²) in [6.07, 6.45) is -0.913. The summed E-state index contributed by atoms with van der Waals surface area (Å²) in [7, 11) is 3.07. The van der Waals surface area contributed by atoms with E-state index in [2.05, 4.69) is 0 Å². The predicted molar refractivity (Wildman–Crippen MR) is 76.7 cm³/mol. The van der Waals surface area contributed by atoms with Crippen molar-refractivity contribution in [1.82, 2.24) is 9.80 Å². The minimum atomic E-state index is -1.13. The summed E-state index contributed by atoms with van der Waals surface area (Å²) in [6, 6.07) is -1.08. The van der Waals surface area contributed by atoms with Gasteiger partial charge in [0.05, 0.1) is 12.5 Å². The first-order valence-electron chi connectivity index (χ1n) is 6.60. The standard InChI is InChI=1S/C13H25N3O5/c1-13(2,3)21-12(20)16(5)7-6-15(4)11(19)9(14)8-10(17)18/h9H,6-8,14H2,1-5H3,(H,17,18)/t9-/m0/s1. The molecular formula is C13H25N3O5. The molecule has 8 nitrogen and oxygen atoms in total. The van der Waals surface area contributed by atoms with Crippen LogP contribution in [0.1, 0.15) is 27.2 Å². The molecule has 0 aliphatic carbocycles. The van der Waals surface area contributed by atoms with Gasteiger partial charge in [-0.05, 0) is 20.8 Å². The molecule has 0 saturated heterocycles. The zero-order chi connectivity index (χ0) is 16.8. The molecule has 0 aromatic rings. The lowest BCUT2D eigenvalue weighted by Crippen LogP contribution is -2.46. The normalized spacial score (nSPS) is 12.5. The van der Waals surface area contributed by atoms with E-state index in [-0.39, 0.29) is 13.1 Å². The highest BCUT2D eigenvalue weighted by Crippen LogP contribution is 2.09. The molecule has 1 atom stereocenters. The third kappa shape index (κ3) is 8.13. The van der Waals surface area contributed by atoms with Crippen LogP contribution in [0, 0.1) is 0 Å². The molecule has 0 spiro atoms. The zero-order valence-corrected chi connectivity index (χ0v) is 13.3. The van der Waals surface area contributed by atoms with Crippen LogP contribution in [0.15, 0.2) is 0 Å². The number of ether oxygens (including phenoxy) is 1. The lowest BCUT2D eigenvalue weighted by atomic mass is 10.2. The van der Waals surface area contributed by atoms with Crippen molar-refractivity contribution in [3.63, 3.8) is 0 Å². The Labute approximate surface area is 124 Å². The molecule has 2 amide bonds. The molecule has 0 rings (SSSR count). The highest BCUT2D eigenvalue weighted by molar-refractivity contribution is 5.85. The van der Waals surface area contributed by atoms with Crippen molar-refractivity contribution < 1.29 is 24.2 Å². The summed E-state index contributed by atoms with van der Waals surface area (Å²) in [5.74, 6) is -1.61. The maximum absolute atomic E-state index is 11.8. The summed E-state index contributed by atoms with van der Waals surface area (Å²) in [5, 5.41) is 8.59. The molecule has 0 saturated carbocycles. The second-order valence-corrected chi connectivity index (χ2v) is 5.87. The van der Waals surface area contributed by atoms with E-state index in [0.717, 1.165) is 0 Å². The van der Waals surface area contributed by atoms with Crippen molar-refractivity contribution in [1.29, 1.82) is 0 Å². The van der Waals surface area contributed by atoms with E-state index in [1.54, 1.807) is 27.8 Å². The fraction of sp³-hybridized carbons (Fsp3) is 0.769. The van der Waals surface area contributed by atoms with E-state index < -0.39 is 36.0 Å². The summed E-state index contributed by atoms with van der Waals surface area (Å²) < 4.78 is 5.17. The zero-order valence-electron chi connectivity index (χ0n) is 13.3. The Morgan fingerprint density at radius 2 is 1.62 bits per heavy atom. The fourth-order valence-corrected chi connectivity index (χ4v) is 1.40. The Balaban J connectivity index is 4.29. The molecular weight excluding hydrogens is 278 g/mol. The van der Waals surface area contributed by atoms with E-state index in [0.29, 0.717) is 0 Å². The Kier molecular flexibility index (Phi) is 7.14. The maximum atomic E-state index is 11.8. The van der Waals surface area contributed by atoms with E-state index in [1.165, 1.54) is 16.8 Å². The van der Waals surface area contributed by atoms with Gasteiger partial charge in [0, 0.05) is 27.2 Å². The number of carbonyl (C=O) groups excluding carboxylic acids is 2. The molecule has 21 heavy (non-hydrogen) atoms. The number of amides is 2. The Hall–Kier alpha value is -1.83. The second kappa shape index (κ2) is 7.82. The van der Waals surface area contributed by atoms with Gasteiger partial charge in [-0.3, -0.25) is 9.59 Å². The smallest absolute Gasteiger partial charge is 0.410 e. The van der Waals surface area contributed by atoms with Gasteiger partial charge in [0.25, 0.3) is 0 Å². The number of hydrogen-bond donors (Lipinski definition) is 2. The highest BCUT2D eigenvalue weighted by atomic mass is 16.6. The number of carboxylic acids is 1. The predicted octanol–water partition coefficient (Wildman–Crippen LogP) is 0.114. The number of rotatable bonds is 6. The van der Waals surface area contributed by atoms with Crippen molar-refractivity contribution in [2.45, 2.75) is 38.8 Å². The van der Waals surface area contributed by atoms with Crippen LogP contribution >= 0.6 is 0 Å². The maximum Gasteiger partial charge on any atom is 0.410 e. The first kappa shape index (κ1) is 19.2. The highest BCUT2D eigenvalue weighted by Gasteiger charge is 2.23. The van der Waals surface area contributed by atoms with Crippen molar-refractivity contribution in [2.24, 2.45) is 5.73 Å². The minimum absolute atomic E-state index is 0.238. The molecule has 8 heteroatoms. The molecule has 0 aromatic heterocycles. The molecule has 0 aliphatic rings. The van der Waals surface area contributed by atoms with Crippen molar-refractivity contribution in [3.8, 4) is 0 Å². The Morgan fingerprint density at radius 1 is 1.14 bits per heavy atom. The number of nitrogens with two attached hydrogens (primary N) is 1. The topological polar surface area (TPSA) is 113 Å². The summed E-state index contributed by atoms with van der Waals surface area (Å²) in [5.41, 5.74) is 4.90. The second-order valence-electron chi connectivity index (χ2n) is 5.87. The monoisotopic (exact) mass is 303 g/mol. The largest absolute Gasteiger partial charge is 0.481 e. The molecule has 0 fully saturated rings. The Bertz CT molecular complexity index is 392. The van der Waals surface area contributed by atoms with E-state index >= 15 is 0 Å². The summed E-state index contributed by atoms with van der Waals surface area (Å²) >= 11 is 0. The molecule has 0 heterocycles. The number of likely N-dealkylation sites (N-methyl/N-ethyl adjacent to an activating group) is 2. The van der Waals surface area contributed by atoms with Crippen LogP contribution in [0.25, 0.3) is 0 Å². The first-order chi connectivity index (χ1) is 9.44. The van der Waals surface area contributed by atoms with Crippen LogP contribution in [-0.2, 0) is 14.3 Å². The van der Waals surface area contributed by atoms with Gasteiger partial charge in [0.2, 0.25) is 5.91 Å². The van der Waals surface area contributed by atoms with Crippen LogP contribution in [0.5, 0.6) is 0 Å². The van der Waals surface area contributed by atoms with Crippen LogP contribution in [0.4, 0.5) is 4.79 Å². The molecule has 0 radical (unpaired) electrons. The summed E-state index contributed by atoms with van der Waals surface area (Å²) in [6.45, 7) is 5.79. The Morgan fingerprint density at radius 3 is 2.05 bits per heavy atom. The third-order valence-corrected chi connectivity index (χ3v) is 2.56. The van der Waals surface area contributed by atoms with Crippen LogP contribution in [-0.4, -0.2) is 71.7 Å². The number of hydrogen-bond acceptors (Lipinski definition) is 5. The number of carboxylic acid groups (broad SMARTS) is 1. The van der Waals surface area contributed by atoms with Gasteiger partial charge in [-0.15, -0.1) is 0 Å². The number of aliphatic carboxylic acids is 1. The lowest BCUT2D eigenvalue weighted by Gasteiger charge is -2.27. The molecule has 122 valence electrons. The number of carbonyl (C=O) groups is 3. The van der Waals surface area contributed by atoms with Gasteiger partial charge in [-0.2, -0.15) is 0 Å². The van der Waals surface area contributed by atoms with Gasteiger partial charge >= 0.3 is 12.1 Å². The van der Waals surface area contributed by atoms with Crippen molar-refractivity contribution in [2.75, 3.05) is 27.2 Å². The SMILES string of the molecule is CN(CCN(C)C(=O)[C@@H](N)CC(=O)O)C(=O)OC(C)(C)C. The van der Waals surface area contributed by atoms with Gasteiger partial charge in [0.15, 0.2) is 0 Å². The molecule has 3 N–H and O–H groups in total. The van der Waals surface area contributed by atoms with Gasteiger partial charge in [-0.25, -0.2) is 4.79 Å². The summed E-state index contributed by atoms with van der Waals surface area (Å²) in [4.78, 5) is 36.7. The fourth-order valence-electron chi connectivity index (χ4n) is 1.40. The minimum Gasteiger partial charge on any atom is -0.481 e. The molecule has 0 aliphatic heterocycles. The van der Waals surface area contributed by atoms with E-state index in [4.69, 9.17) is 15.6 Å². The van der Waals surface area contributed by atoms with Gasteiger partial charge in [-0.1, -0.05) is 0 Å². The van der Waals surface area contributed by atoms with Gasteiger partial charge < -0.3 is 25.4 Å². The average Bonchev–Trinajstić information content (AvgIpc) is 2.31. The van der Waals surface area contributed by atoms with Crippen molar-refractivity contribution in [3.05, 3.63) is 0 Å². The first-order valence-corrected chi connectivity index (χ1v) is 6.60. The van der Waals surface area contributed by atoms with Crippen LogP contribution < -0.4 is 5.73 Å². The quantitative estimate of drug-likeness (QED) is 0.720. The third-order valence-electron chi connectivity index (χ3n) is 2.56. The van der Waals surface area contributed by atoms with E-state index in [9.17, 15) is 14.4 Å². The van der Waals surface area contributed by atoms with Gasteiger partial charge in [0.1, 0.15) is 5.60 Å². The lowest BCUT2D eigenvalue weighted by molar-refractivity contribution is -0.141. The molecule has 0 bridgehead atoms. The van der Waals surface area contributed by atoms with Crippen molar-refractivity contribution >= 4 is 18.0 Å². The average molecular weight is 303 g/mol. The van der Waals surface area contributed by atoms with Crippen LogP contribution in [0.2, 0.25) is 0 Å². The number of nitrogens with zero attached hydrogens (tertiary/aromatic N) is 2. The molecule has 0 unspecified atom stereocenters. The molecule has 0 aromatic carbocycles.